The van der Waals surface area contributed by atoms with Gasteiger partial charge in [0, 0.05) is 12.2 Å². The van der Waals surface area contributed by atoms with Crippen LogP contribution in [0.15, 0.2) is 30.5 Å². The van der Waals surface area contributed by atoms with E-state index in [2.05, 4.69) is 14.1 Å². The van der Waals surface area contributed by atoms with Crippen LogP contribution in [-0.2, 0) is 6.18 Å². The van der Waals surface area contributed by atoms with Crippen molar-refractivity contribution in [2.75, 3.05) is 18.5 Å². The molecule has 1 aromatic carbocycles. The minimum absolute atomic E-state index is 0.0304. The molecule has 1 atom stereocenters. The van der Waals surface area contributed by atoms with Crippen molar-refractivity contribution >= 4 is 17.4 Å². The first-order valence-corrected chi connectivity index (χ1v) is 6.68. The quantitative estimate of drug-likeness (QED) is 0.856. The number of rotatable bonds is 6. The van der Waals surface area contributed by atoms with Crippen LogP contribution in [0.25, 0.3) is 0 Å². The van der Waals surface area contributed by atoms with Crippen LogP contribution in [0.4, 0.5) is 18.9 Å². The Bertz CT molecular complexity index is 563. The topological polar surface area (TPSA) is 67.3 Å². The van der Waals surface area contributed by atoms with Gasteiger partial charge in [0.1, 0.15) is 18.9 Å². The normalized spacial score (nSPS) is 13.0. The maximum atomic E-state index is 12.5. The van der Waals surface area contributed by atoms with Crippen LogP contribution < -0.4 is 10.1 Å². The molecule has 1 unspecified atom stereocenters. The molecule has 2 N–H and O–H groups in total. The summed E-state index contributed by atoms with van der Waals surface area (Å²) in [7, 11) is 0. The summed E-state index contributed by atoms with van der Waals surface area (Å²) in [6.07, 6.45) is -3.87. The van der Waals surface area contributed by atoms with Crippen LogP contribution in [0, 0.1) is 0 Å². The molecule has 0 radical (unpaired) electrons. The molecule has 114 valence electrons. The molecular weight excluding hydrogens is 307 g/mol. The second-order valence-corrected chi connectivity index (χ2v) is 4.73. The van der Waals surface area contributed by atoms with Crippen molar-refractivity contribution in [1.29, 1.82) is 0 Å². The molecule has 0 fully saturated rings. The number of aliphatic hydroxyl groups is 1. The van der Waals surface area contributed by atoms with Gasteiger partial charge in [0.2, 0.25) is 5.88 Å². The number of benzene rings is 1. The molecule has 5 nitrogen and oxygen atoms in total. The Hall–Kier alpha value is -1.87. The lowest BCUT2D eigenvalue weighted by molar-refractivity contribution is -0.137. The molecule has 0 saturated heterocycles. The van der Waals surface area contributed by atoms with Gasteiger partial charge in [-0.1, -0.05) is 6.07 Å². The Morgan fingerprint density at radius 2 is 2.19 bits per heavy atom. The van der Waals surface area contributed by atoms with Gasteiger partial charge < -0.3 is 15.2 Å². The van der Waals surface area contributed by atoms with Crippen LogP contribution in [-0.4, -0.2) is 33.1 Å². The number of nitrogens with one attached hydrogen (secondary N) is 1. The lowest BCUT2D eigenvalue weighted by atomic mass is 10.2. The lowest BCUT2D eigenvalue weighted by Gasteiger charge is -2.14. The highest BCUT2D eigenvalue weighted by Crippen LogP contribution is 2.30. The zero-order chi connectivity index (χ0) is 15.3. The summed E-state index contributed by atoms with van der Waals surface area (Å²) < 4.78 is 50.3. The summed E-state index contributed by atoms with van der Waals surface area (Å²) in [5.41, 5.74) is -0.467. The highest BCUT2D eigenvalue weighted by atomic mass is 32.1. The maximum absolute atomic E-state index is 12.5. The van der Waals surface area contributed by atoms with E-state index < -0.39 is 17.8 Å². The monoisotopic (exact) mass is 319 g/mol. The average molecular weight is 319 g/mol. The number of anilines is 1. The van der Waals surface area contributed by atoms with E-state index in [1.54, 1.807) is 0 Å². The van der Waals surface area contributed by atoms with Gasteiger partial charge in [-0.2, -0.15) is 17.5 Å². The molecule has 0 aliphatic carbocycles. The summed E-state index contributed by atoms with van der Waals surface area (Å²) in [4.78, 5) is 0. The predicted molar refractivity (Wildman–Crippen MR) is 71.3 cm³/mol. The first-order chi connectivity index (χ1) is 9.95. The smallest absolute Gasteiger partial charge is 0.416 e. The number of halogens is 3. The van der Waals surface area contributed by atoms with Gasteiger partial charge in [0.15, 0.2) is 0 Å². The zero-order valence-corrected chi connectivity index (χ0v) is 11.5. The second-order valence-electron chi connectivity index (χ2n) is 4.17. The lowest BCUT2D eigenvalue weighted by Crippen LogP contribution is -2.26. The third-order valence-electron chi connectivity index (χ3n) is 2.50. The summed E-state index contributed by atoms with van der Waals surface area (Å²) >= 11 is 0.977. The third kappa shape index (κ3) is 4.87. The Morgan fingerprint density at radius 1 is 1.38 bits per heavy atom. The number of aliphatic hydroxyl groups excluding tert-OH is 1. The van der Waals surface area contributed by atoms with Gasteiger partial charge in [0.25, 0.3) is 0 Å². The van der Waals surface area contributed by atoms with Gasteiger partial charge in [-0.3, -0.25) is 0 Å². The van der Waals surface area contributed by atoms with E-state index in [0.29, 0.717) is 5.88 Å². The van der Waals surface area contributed by atoms with Crippen molar-refractivity contribution < 1.29 is 23.0 Å². The summed E-state index contributed by atoms with van der Waals surface area (Å²) in [5.74, 6) is 0.304. The number of hydrogen-bond acceptors (Lipinski definition) is 6. The SMILES string of the molecule is OC(CNc1cccc(C(F)(F)F)c1)COc1cnsn1. The van der Waals surface area contributed by atoms with E-state index in [1.807, 2.05) is 0 Å². The second kappa shape index (κ2) is 6.72. The highest BCUT2D eigenvalue weighted by molar-refractivity contribution is 6.99. The minimum atomic E-state index is -4.39. The Labute approximate surface area is 122 Å². The molecule has 0 bridgehead atoms. The van der Waals surface area contributed by atoms with Crippen molar-refractivity contribution in [3.05, 3.63) is 36.0 Å². The number of alkyl halides is 3. The van der Waals surface area contributed by atoms with Gasteiger partial charge in [-0.05, 0) is 18.2 Å². The van der Waals surface area contributed by atoms with Gasteiger partial charge in [0.05, 0.1) is 17.3 Å². The first kappa shape index (κ1) is 15.5. The van der Waals surface area contributed by atoms with E-state index in [9.17, 15) is 18.3 Å². The van der Waals surface area contributed by atoms with E-state index in [0.717, 1.165) is 23.9 Å². The summed E-state index contributed by atoms with van der Waals surface area (Å²) in [5, 5.41) is 12.4. The minimum Gasteiger partial charge on any atom is -0.473 e. The van der Waals surface area contributed by atoms with Crippen LogP contribution in [0.3, 0.4) is 0 Å². The van der Waals surface area contributed by atoms with Gasteiger partial charge >= 0.3 is 6.18 Å². The van der Waals surface area contributed by atoms with Crippen LogP contribution in [0.5, 0.6) is 5.88 Å². The fraction of sp³-hybridized carbons (Fsp3) is 0.333. The molecule has 0 aliphatic rings. The molecule has 1 heterocycles. The Kier molecular flexibility index (Phi) is 4.97. The highest BCUT2D eigenvalue weighted by Gasteiger charge is 2.30. The van der Waals surface area contributed by atoms with E-state index in [1.165, 1.54) is 18.3 Å². The fourth-order valence-electron chi connectivity index (χ4n) is 1.50. The molecule has 1 aromatic heterocycles. The van der Waals surface area contributed by atoms with E-state index in [4.69, 9.17) is 4.74 Å². The number of hydrogen-bond donors (Lipinski definition) is 2. The average Bonchev–Trinajstić information content (AvgIpc) is 2.95. The summed E-state index contributed by atoms with van der Waals surface area (Å²) in [6.45, 7) is 0.0241. The van der Waals surface area contributed by atoms with Crippen molar-refractivity contribution in [3.8, 4) is 5.88 Å². The number of aromatic nitrogens is 2. The summed E-state index contributed by atoms with van der Waals surface area (Å²) in [6, 6.07) is 4.76. The molecule has 0 aliphatic heterocycles. The Balaban J connectivity index is 1.82. The Morgan fingerprint density at radius 3 is 2.86 bits per heavy atom. The molecule has 0 spiro atoms. The zero-order valence-electron chi connectivity index (χ0n) is 10.7. The molecule has 21 heavy (non-hydrogen) atoms. The first-order valence-electron chi connectivity index (χ1n) is 5.94. The maximum Gasteiger partial charge on any atom is 0.416 e. The number of ether oxygens (including phenoxy) is 1. The predicted octanol–water partition coefficient (Wildman–Crippen LogP) is 2.41. The van der Waals surface area contributed by atoms with Gasteiger partial charge in [-0.25, -0.2) is 0 Å². The van der Waals surface area contributed by atoms with E-state index >= 15 is 0 Å². The molecule has 2 aromatic rings. The molecular formula is C12H12F3N3O2S. The van der Waals surface area contributed by atoms with Crippen molar-refractivity contribution in [2.24, 2.45) is 0 Å². The third-order valence-corrected chi connectivity index (χ3v) is 2.96. The van der Waals surface area contributed by atoms with E-state index in [-0.39, 0.29) is 18.8 Å². The van der Waals surface area contributed by atoms with Crippen LogP contribution >= 0.6 is 11.7 Å². The van der Waals surface area contributed by atoms with Crippen LogP contribution in [0.1, 0.15) is 5.56 Å². The fourth-order valence-corrected chi connectivity index (χ4v) is 1.87. The standard InChI is InChI=1S/C12H12F3N3O2S/c13-12(14,15)8-2-1-3-9(4-8)16-5-10(19)7-20-11-6-17-21-18-11/h1-4,6,10,16,19H,5,7H2. The molecule has 0 saturated carbocycles. The largest absolute Gasteiger partial charge is 0.473 e. The van der Waals surface area contributed by atoms with Crippen LogP contribution in [0.2, 0.25) is 0 Å². The molecule has 0 amide bonds. The van der Waals surface area contributed by atoms with Gasteiger partial charge in [-0.15, -0.1) is 4.37 Å². The molecule has 9 heteroatoms. The van der Waals surface area contributed by atoms with Crippen molar-refractivity contribution in [1.82, 2.24) is 8.75 Å². The van der Waals surface area contributed by atoms with Crippen molar-refractivity contribution in [3.63, 3.8) is 0 Å². The van der Waals surface area contributed by atoms with Crippen molar-refractivity contribution in [2.45, 2.75) is 12.3 Å². The number of nitrogens with zero attached hydrogens (tertiary/aromatic N) is 2. The molecule has 2 rings (SSSR count).